The van der Waals surface area contributed by atoms with E-state index in [1.54, 1.807) is 0 Å². The molecule has 18 heavy (non-hydrogen) atoms. The molecule has 1 rings (SSSR count). The third-order valence-corrected chi connectivity index (χ3v) is 5.94. The molecular weight excluding hydrogens is 270 g/mol. The van der Waals surface area contributed by atoms with Crippen LogP contribution in [0.3, 0.4) is 0 Å². The van der Waals surface area contributed by atoms with Gasteiger partial charge < -0.3 is 10.4 Å². The lowest BCUT2D eigenvalue weighted by molar-refractivity contribution is -0.143. The molecule has 0 aromatic carbocycles. The molecule has 0 bridgehead atoms. The summed E-state index contributed by atoms with van der Waals surface area (Å²) in [5, 5.41) is 12.1. The van der Waals surface area contributed by atoms with Crippen LogP contribution in [0.2, 0.25) is 0 Å². The zero-order valence-electron chi connectivity index (χ0n) is 10.8. The Bertz CT molecular complexity index is 293. The SMILES string of the molecule is CC[C@H](C)[C@H](NC(=O)CC1CSCCS1)C(=O)O. The van der Waals surface area contributed by atoms with Crippen molar-refractivity contribution in [1.82, 2.24) is 5.32 Å². The molecule has 2 N–H and O–H groups in total. The monoisotopic (exact) mass is 291 g/mol. The molecule has 1 fully saturated rings. The van der Waals surface area contributed by atoms with Gasteiger partial charge in [-0.1, -0.05) is 20.3 Å². The number of carbonyl (C=O) groups is 2. The van der Waals surface area contributed by atoms with Gasteiger partial charge in [-0.05, 0) is 5.92 Å². The largest absolute Gasteiger partial charge is 0.480 e. The summed E-state index contributed by atoms with van der Waals surface area (Å²) >= 11 is 3.68. The van der Waals surface area contributed by atoms with E-state index in [0.717, 1.165) is 23.7 Å². The maximum Gasteiger partial charge on any atom is 0.326 e. The second-order valence-corrected chi connectivity index (χ2v) is 7.10. The predicted molar refractivity (Wildman–Crippen MR) is 77.2 cm³/mol. The summed E-state index contributed by atoms with van der Waals surface area (Å²) in [7, 11) is 0. The minimum absolute atomic E-state index is 0.0418. The van der Waals surface area contributed by atoms with Gasteiger partial charge in [0, 0.05) is 28.9 Å². The zero-order chi connectivity index (χ0) is 13.5. The van der Waals surface area contributed by atoms with Gasteiger partial charge in [-0.25, -0.2) is 4.79 Å². The maximum atomic E-state index is 11.8. The second kappa shape index (κ2) is 7.94. The molecule has 0 spiro atoms. The Labute approximate surface area is 117 Å². The van der Waals surface area contributed by atoms with Crippen LogP contribution in [0, 0.1) is 5.92 Å². The van der Waals surface area contributed by atoms with Crippen molar-refractivity contribution in [2.75, 3.05) is 17.3 Å². The van der Waals surface area contributed by atoms with E-state index in [2.05, 4.69) is 5.32 Å². The summed E-state index contributed by atoms with van der Waals surface area (Å²) in [5.41, 5.74) is 0. The summed E-state index contributed by atoms with van der Waals surface area (Å²) < 4.78 is 0. The van der Waals surface area contributed by atoms with E-state index < -0.39 is 12.0 Å². The summed E-state index contributed by atoms with van der Waals surface area (Å²) in [5.74, 6) is 2.09. The van der Waals surface area contributed by atoms with E-state index in [0.29, 0.717) is 11.7 Å². The highest BCUT2D eigenvalue weighted by Crippen LogP contribution is 2.26. The van der Waals surface area contributed by atoms with E-state index in [4.69, 9.17) is 5.11 Å². The van der Waals surface area contributed by atoms with Gasteiger partial charge in [0.05, 0.1) is 0 Å². The lowest BCUT2D eigenvalue weighted by Crippen LogP contribution is -2.45. The number of thioether (sulfide) groups is 2. The van der Waals surface area contributed by atoms with Crippen LogP contribution in [-0.2, 0) is 9.59 Å². The van der Waals surface area contributed by atoms with Crippen molar-refractivity contribution in [2.45, 2.75) is 38.0 Å². The van der Waals surface area contributed by atoms with Crippen molar-refractivity contribution in [3.05, 3.63) is 0 Å². The third kappa shape index (κ3) is 5.10. The van der Waals surface area contributed by atoms with Crippen LogP contribution in [0.4, 0.5) is 0 Å². The molecule has 0 aliphatic carbocycles. The molecule has 104 valence electrons. The fourth-order valence-electron chi connectivity index (χ4n) is 1.78. The fraction of sp³-hybridized carbons (Fsp3) is 0.833. The molecular formula is C12H21NO3S2. The number of carboxylic acids is 1. The van der Waals surface area contributed by atoms with Crippen molar-refractivity contribution in [2.24, 2.45) is 5.92 Å². The molecule has 6 heteroatoms. The van der Waals surface area contributed by atoms with Gasteiger partial charge in [0.2, 0.25) is 5.91 Å². The summed E-state index contributed by atoms with van der Waals surface area (Å²) in [4.78, 5) is 23.0. The zero-order valence-corrected chi connectivity index (χ0v) is 12.5. The number of amides is 1. The molecule has 1 unspecified atom stereocenters. The van der Waals surface area contributed by atoms with E-state index in [-0.39, 0.29) is 11.8 Å². The van der Waals surface area contributed by atoms with E-state index in [9.17, 15) is 9.59 Å². The number of aliphatic carboxylic acids is 1. The number of hydrogen-bond acceptors (Lipinski definition) is 4. The minimum Gasteiger partial charge on any atom is -0.480 e. The lowest BCUT2D eigenvalue weighted by atomic mass is 9.99. The van der Waals surface area contributed by atoms with Gasteiger partial charge in [0.25, 0.3) is 0 Å². The molecule has 1 saturated heterocycles. The average molecular weight is 291 g/mol. The highest BCUT2D eigenvalue weighted by Gasteiger charge is 2.26. The lowest BCUT2D eigenvalue weighted by Gasteiger charge is -2.23. The molecule has 1 aliphatic rings. The number of carbonyl (C=O) groups excluding carboxylic acids is 1. The van der Waals surface area contributed by atoms with E-state index in [1.807, 2.05) is 37.4 Å². The van der Waals surface area contributed by atoms with Crippen LogP contribution in [0.15, 0.2) is 0 Å². The fourth-order valence-corrected chi connectivity index (χ4v) is 4.46. The van der Waals surface area contributed by atoms with E-state index >= 15 is 0 Å². The highest BCUT2D eigenvalue weighted by atomic mass is 32.2. The van der Waals surface area contributed by atoms with Crippen molar-refractivity contribution < 1.29 is 14.7 Å². The van der Waals surface area contributed by atoms with Gasteiger partial charge >= 0.3 is 5.97 Å². The first-order valence-electron chi connectivity index (χ1n) is 6.26. The number of rotatable bonds is 6. The molecule has 0 aromatic heterocycles. The Balaban J connectivity index is 2.42. The van der Waals surface area contributed by atoms with Gasteiger partial charge in [0.15, 0.2) is 0 Å². The van der Waals surface area contributed by atoms with Crippen LogP contribution in [0.25, 0.3) is 0 Å². The Morgan fingerprint density at radius 2 is 2.17 bits per heavy atom. The molecule has 0 radical (unpaired) electrons. The van der Waals surface area contributed by atoms with Gasteiger partial charge in [-0.2, -0.15) is 23.5 Å². The van der Waals surface area contributed by atoms with Gasteiger partial charge in [0.1, 0.15) is 6.04 Å². The molecule has 0 saturated carbocycles. The van der Waals surface area contributed by atoms with Crippen LogP contribution < -0.4 is 5.32 Å². The molecule has 3 atom stereocenters. The first-order valence-corrected chi connectivity index (χ1v) is 8.46. The molecule has 0 aromatic rings. The second-order valence-electron chi connectivity index (χ2n) is 4.54. The normalized spacial score (nSPS) is 23.1. The first-order chi connectivity index (χ1) is 8.54. The molecule has 1 aliphatic heterocycles. The Hall–Kier alpha value is -0.360. The first kappa shape index (κ1) is 15.7. The topological polar surface area (TPSA) is 66.4 Å². The third-order valence-electron chi connectivity index (χ3n) is 3.09. The standard InChI is InChI=1S/C12H21NO3S2/c1-3-8(2)11(12(15)16)13-10(14)6-9-7-17-4-5-18-9/h8-9,11H,3-7H2,1-2H3,(H,13,14)(H,15,16)/t8-,9?,11-/m0/s1. The van der Waals surface area contributed by atoms with Crippen LogP contribution in [0.1, 0.15) is 26.7 Å². The van der Waals surface area contributed by atoms with Crippen molar-refractivity contribution >= 4 is 35.4 Å². The summed E-state index contributed by atoms with van der Waals surface area (Å²) in [6.07, 6.45) is 1.17. The number of carboxylic acid groups (broad SMARTS) is 1. The van der Waals surface area contributed by atoms with Crippen LogP contribution in [-0.4, -0.2) is 45.5 Å². The maximum absolute atomic E-state index is 11.8. The van der Waals surface area contributed by atoms with Crippen LogP contribution >= 0.6 is 23.5 Å². The number of nitrogens with one attached hydrogen (secondary N) is 1. The summed E-state index contributed by atoms with van der Waals surface area (Å²) in [6, 6.07) is -0.760. The smallest absolute Gasteiger partial charge is 0.326 e. The Morgan fingerprint density at radius 3 is 2.67 bits per heavy atom. The quantitative estimate of drug-likeness (QED) is 0.781. The molecule has 4 nitrogen and oxygen atoms in total. The van der Waals surface area contributed by atoms with Gasteiger partial charge in [-0.15, -0.1) is 0 Å². The molecule has 1 amide bonds. The van der Waals surface area contributed by atoms with Crippen molar-refractivity contribution in [3.63, 3.8) is 0 Å². The Kier molecular flexibility index (Phi) is 6.92. The minimum atomic E-state index is -0.941. The van der Waals surface area contributed by atoms with Crippen molar-refractivity contribution in [1.29, 1.82) is 0 Å². The number of hydrogen-bond donors (Lipinski definition) is 2. The van der Waals surface area contributed by atoms with E-state index in [1.165, 1.54) is 0 Å². The summed E-state index contributed by atoms with van der Waals surface area (Å²) in [6.45, 7) is 3.78. The average Bonchev–Trinajstić information content (AvgIpc) is 2.36. The van der Waals surface area contributed by atoms with Crippen molar-refractivity contribution in [3.8, 4) is 0 Å². The molecule has 1 heterocycles. The predicted octanol–water partition coefficient (Wildman–Crippen LogP) is 1.84. The Morgan fingerprint density at radius 1 is 1.44 bits per heavy atom. The highest BCUT2D eigenvalue weighted by molar-refractivity contribution is 8.06. The van der Waals surface area contributed by atoms with Gasteiger partial charge in [-0.3, -0.25) is 4.79 Å². The van der Waals surface area contributed by atoms with Crippen LogP contribution in [0.5, 0.6) is 0 Å².